The maximum atomic E-state index is 11.5. The Morgan fingerprint density at radius 3 is 2.64 bits per heavy atom. The van der Waals surface area contributed by atoms with E-state index in [0.717, 1.165) is 44.6 Å². The van der Waals surface area contributed by atoms with Gasteiger partial charge in [0.05, 0.1) is 18.8 Å². The predicted octanol–water partition coefficient (Wildman–Crippen LogP) is 4.68. The van der Waals surface area contributed by atoms with Gasteiger partial charge >= 0.3 is 0 Å². The van der Waals surface area contributed by atoms with Crippen LogP contribution in [0.2, 0.25) is 0 Å². The Labute approximate surface area is 175 Å². The third-order valence-corrected chi connectivity index (χ3v) is 7.27. The lowest BCUT2D eigenvalue weighted by Crippen LogP contribution is -2.29. The molecule has 2 heterocycles. The van der Waals surface area contributed by atoms with Crippen LogP contribution in [0.15, 0.2) is 12.2 Å². The van der Waals surface area contributed by atoms with Crippen LogP contribution in [0.1, 0.15) is 65.2 Å². The number of allylic oxidation sites excluding steroid dienone is 1. The Morgan fingerprint density at radius 2 is 1.96 bits per heavy atom. The van der Waals surface area contributed by atoms with E-state index in [-0.39, 0.29) is 5.91 Å². The Morgan fingerprint density at radius 1 is 1.25 bits per heavy atom. The molecule has 28 heavy (non-hydrogen) atoms. The van der Waals surface area contributed by atoms with Crippen molar-refractivity contribution in [3.05, 3.63) is 12.2 Å². The number of rotatable bonds is 14. The molecule has 0 saturated carbocycles. The molecule has 5 nitrogen and oxygen atoms in total. The molecule has 6 heteroatoms. The average Bonchev–Trinajstić information content (AvgIpc) is 3.27. The van der Waals surface area contributed by atoms with Crippen LogP contribution < -0.4 is 0 Å². The number of hydrogen-bond donors (Lipinski definition) is 1. The second-order valence-electron chi connectivity index (χ2n) is 8.11. The van der Waals surface area contributed by atoms with Crippen LogP contribution in [0.3, 0.4) is 0 Å². The minimum Gasteiger partial charge on any atom is -0.381 e. The Bertz CT molecular complexity index is 485. The number of ether oxygens (including phenoxy) is 2. The predicted molar refractivity (Wildman–Crippen MR) is 115 cm³/mol. The summed E-state index contributed by atoms with van der Waals surface area (Å²) in [4.78, 5) is 11.5. The van der Waals surface area contributed by atoms with E-state index in [2.05, 4.69) is 26.0 Å². The highest BCUT2D eigenvalue weighted by Crippen LogP contribution is 2.47. The first-order chi connectivity index (χ1) is 13.5. The molecule has 1 N–H and O–H groups in total. The number of carbonyl (C=O) groups is 1. The standard InChI is InChI=1S/C22H39NO4S/c1-4-5-6-7-14-26-15-12-18-19(21-10-9-20(18)27-21)13-16-28-17(2)8-11-22(24)23(3)25/h5-6,17-21,25H,4,7-16H2,1-3H3/b6-5+. The number of nitrogens with zero attached hydrogens (tertiary/aromatic N) is 1. The number of carbonyl (C=O) groups excluding carboxylic acids is 1. The minimum absolute atomic E-state index is 0.209. The van der Waals surface area contributed by atoms with E-state index in [9.17, 15) is 4.79 Å². The van der Waals surface area contributed by atoms with Crippen LogP contribution in [0.25, 0.3) is 0 Å². The molecule has 2 aliphatic rings. The number of hydroxylamine groups is 2. The lowest BCUT2D eigenvalue weighted by molar-refractivity contribution is -0.159. The van der Waals surface area contributed by atoms with Gasteiger partial charge < -0.3 is 9.47 Å². The highest BCUT2D eigenvalue weighted by molar-refractivity contribution is 7.99. The van der Waals surface area contributed by atoms with Crippen molar-refractivity contribution < 1.29 is 19.5 Å². The van der Waals surface area contributed by atoms with Gasteiger partial charge in [-0.25, -0.2) is 5.06 Å². The zero-order valence-corrected chi connectivity index (χ0v) is 18.7. The van der Waals surface area contributed by atoms with Gasteiger partial charge in [0.1, 0.15) is 0 Å². The molecule has 2 fully saturated rings. The summed E-state index contributed by atoms with van der Waals surface area (Å²) in [7, 11) is 1.39. The van der Waals surface area contributed by atoms with E-state index in [1.54, 1.807) is 0 Å². The molecule has 0 aromatic carbocycles. The Kier molecular flexibility index (Phi) is 10.9. The molecule has 2 rings (SSSR count). The zero-order chi connectivity index (χ0) is 20.4. The first kappa shape index (κ1) is 23.7. The lowest BCUT2D eigenvalue weighted by atomic mass is 9.76. The van der Waals surface area contributed by atoms with Crippen molar-refractivity contribution >= 4 is 17.7 Å². The molecule has 0 radical (unpaired) electrons. The van der Waals surface area contributed by atoms with Gasteiger partial charge in [-0.15, -0.1) is 0 Å². The highest BCUT2D eigenvalue weighted by Gasteiger charge is 2.47. The molecule has 5 atom stereocenters. The van der Waals surface area contributed by atoms with Gasteiger partial charge in [0.25, 0.3) is 0 Å². The zero-order valence-electron chi connectivity index (χ0n) is 17.8. The van der Waals surface area contributed by atoms with Gasteiger partial charge in [0, 0.05) is 25.3 Å². The van der Waals surface area contributed by atoms with Crippen LogP contribution in [0.4, 0.5) is 0 Å². The molecule has 1 amide bonds. The third-order valence-electron chi connectivity index (χ3n) is 6.00. The molecular weight excluding hydrogens is 374 g/mol. The fourth-order valence-corrected chi connectivity index (χ4v) is 5.50. The van der Waals surface area contributed by atoms with Gasteiger partial charge in [0.2, 0.25) is 5.91 Å². The number of hydrogen-bond acceptors (Lipinski definition) is 5. The van der Waals surface area contributed by atoms with Crippen molar-refractivity contribution in [1.82, 2.24) is 5.06 Å². The number of thioether (sulfide) groups is 1. The molecule has 0 aromatic heterocycles. The third kappa shape index (κ3) is 7.69. The first-order valence-electron chi connectivity index (χ1n) is 11.0. The van der Waals surface area contributed by atoms with Crippen LogP contribution in [0.5, 0.6) is 0 Å². The quantitative estimate of drug-likeness (QED) is 0.194. The van der Waals surface area contributed by atoms with Crippen molar-refractivity contribution in [1.29, 1.82) is 0 Å². The molecule has 2 aliphatic heterocycles. The summed E-state index contributed by atoms with van der Waals surface area (Å²) >= 11 is 1.94. The number of amides is 1. The van der Waals surface area contributed by atoms with Gasteiger partial charge in [-0.05, 0) is 62.5 Å². The minimum atomic E-state index is -0.209. The lowest BCUT2D eigenvalue weighted by Gasteiger charge is -2.28. The van der Waals surface area contributed by atoms with Crippen molar-refractivity contribution in [2.24, 2.45) is 11.8 Å². The molecule has 2 bridgehead atoms. The molecular formula is C22H39NO4S. The van der Waals surface area contributed by atoms with Crippen molar-refractivity contribution in [2.75, 3.05) is 26.0 Å². The largest absolute Gasteiger partial charge is 0.381 e. The summed E-state index contributed by atoms with van der Waals surface area (Å²) in [5, 5.41) is 10.3. The smallest absolute Gasteiger partial charge is 0.245 e. The normalized spacial score (nSPS) is 27.6. The van der Waals surface area contributed by atoms with E-state index in [1.807, 2.05) is 11.8 Å². The maximum absolute atomic E-state index is 11.5. The molecule has 5 unspecified atom stereocenters. The highest BCUT2D eigenvalue weighted by atomic mass is 32.2. The molecule has 0 aromatic rings. The summed E-state index contributed by atoms with van der Waals surface area (Å²) in [6, 6.07) is 0. The fraction of sp³-hybridized carbons (Fsp3) is 0.864. The molecule has 0 aliphatic carbocycles. The molecule has 2 saturated heterocycles. The van der Waals surface area contributed by atoms with Crippen LogP contribution >= 0.6 is 11.8 Å². The van der Waals surface area contributed by atoms with Crippen LogP contribution in [-0.2, 0) is 14.3 Å². The Hall–Kier alpha value is -0.560. The summed E-state index contributed by atoms with van der Waals surface area (Å²) in [5.74, 6) is 2.21. The van der Waals surface area contributed by atoms with Crippen LogP contribution in [0, 0.1) is 11.8 Å². The second-order valence-corrected chi connectivity index (χ2v) is 9.66. The maximum Gasteiger partial charge on any atom is 0.245 e. The van der Waals surface area contributed by atoms with Crippen molar-refractivity contribution in [2.45, 2.75) is 82.7 Å². The average molecular weight is 414 g/mol. The molecule has 162 valence electrons. The van der Waals surface area contributed by atoms with Gasteiger partial charge in [-0.1, -0.05) is 26.0 Å². The van der Waals surface area contributed by atoms with Gasteiger partial charge in [0.15, 0.2) is 0 Å². The van der Waals surface area contributed by atoms with E-state index >= 15 is 0 Å². The summed E-state index contributed by atoms with van der Waals surface area (Å²) in [6.45, 7) is 5.98. The number of fused-ring (bicyclic) bond motifs is 2. The Balaban J connectivity index is 1.64. The van der Waals surface area contributed by atoms with Crippen LogP contribution in [-0.4, -0.2) is 59.6 Å². The first-order valence-corrected chi connectivity index (χ1v) is 12.0. The summed E-state index contributed by atoms with van der Waals surface area (Å²) in [5.41, 5.74) is 0. The molecule has 0 spiro atoms. The topological polar surface area (TPSA) is 59.0 Å². The summed E-state index contributed by atoms with van der Waals surface area (Å²) in [6.07, 6.45) is 13.3. The second kappa shape index (κ2) is 12.9. The summed E-state index contributed by atoms with van der Waals surface area (Å²) < 4.78 is 12.1. The van der Waals surface area contributed by atoms with E-state index < -0.39 is 0 Å². The monoisotopic (exact) mass is 413 g/mol. The van der Waals surface area contributed by atoms with E-state index in [4.69, 9.17) is 14.7 Å². The van der Waals surface area contributed by atoms with Gasteiger partial charge in [-0.2, -0.15) is 11.8 Å². The van der Waals surface area contributed by atoms with Gasteiger partial charge in [-0.3, -0.25) is 10.0 Å². The van der Waals surface area contributed by atoms with Crippen molar-refractivity contribution in [3.8, 4) is 0 Å². The van der Waals surface area contributed by atoms with E-state index in [0.29, 0.717) is 40.8 Å². The fourth-order valence-electron chi connectivity index (χ4n) is 4.41. The SMILES string of the molecule is CC/C=C/CCOCCC1C2CCC(O2)C1CCSC(C)CCC(=O)N(C)O. The van der Waals surface area contributed by atoms with E-state index in [1.165, 1.54) is 26.3 Å². The van der Waals surface area contributed by atoms with Crippen molar-refractivity contribution in [3.63, 3.8) is 0 Å².